The number of carbonyl (C=O) groups excluding carboxylic acids is 1. The van der Waals surface area contributed by atoms with Crippen LogP contribution in [-0.2, 0) is 0 Å². The van der Waals surface area contributed by atoms with E-state index in [0.717, 1.165) is 38.0 Å². The monoisotopic (exact) mass is 281 g/mol. The smallest absolute Gasteiger partial charge is 0.270 e. The van der Waals surface area contributed by atoms with E-state index in [0.29, 0.717) is 17.1 Å². The lowest BCUT2D eigenvalue weighted by atomic mass is 10.2. The molecule has 1 aliphatic heterocycles. The molecule has 19 heavy (non-hydrogen) atoms. The summed E-state index contributed by atoms with van der Waals surface area (Å²) in [6.07, 6.45) is 6.55. The molecule has 3 rings (SSSR count). The number of likely N-dealkylation sites (N-methyl/N-ethyl adjacent to an activating group) is 1. The summed E-state index contributed by atoms with van der Waals surface area (Å²) in [5, 5.41) is 4.08. The van der Waals surface area contributed by atoms with E-state index in [1.807, 2.05) is 22.7 Å². The molecule has 5 heteroatoms. The molecule has 2 aliphatic rings. The van der Waals surface area contributed by atoms with Crippen molar-refractivity contribution in [1.29, 1.82) is 0 Å². The third-order valence-corrected chi connectivity index (χ3v) is 4.18. The van der Waals surface area contributed by atoms with Crippen LogP contribution < -0.4 is 5.32 Å². The minimum Gasteiger partial charge on any atom is -0.339 e. The van der Waals surface area contributed by atoms with E-state index in [-0.39, 0.29) is 5.91 Å². The molecular weight excluding hydrogens is 262 g/mol. The van der Waals surface area contributed by atoms with Gasteiger partial charge in [-0.3, -0.25) is 4.79 Å². The number of carbonyl (C=O) groups is 1. The molecule has 1 amide bonds. The van der Waals surface area contributed by atoms with Crippen LogP contribution in [0.3, 0.4) is 0 Å². The van der Waals surface area contributed by atoms with E-state index >= 15 is 0 Å². The van der Waals surface area contributed by atoms with Crippen molar-refractivity contribution >= 4 is 17.5 Å². The van der Waals surface area contributed by atoms with E-state index in [9.17, 15) is 4.79 Å². The van der Waals surface area contributed by atoms with Crippen LogP contribution in [0.4, 0.5) is 0 Å². The van der Waals surface area contributed by atoms with Gasteiger partial charge < -0.3 is 14.8 Å². The Balaban J connectivity index is 1.71. The van der Waals surface area contributed by atoms with Crippen LogP contribution >= 0.6 is 11.6 Å². The van der Waals surface area contributed by atoms with Crippen LogP contribution in [0.5, 0.6) is 0 Å². The van der Waals surface area contributed by atoms with Crippen LogP contribution in [0.15, 0.2) is 12.3 Å². The minimum atomic E-state index is 0.0764. The highest BCUT2D eigenvalue weighted by Crippen LogP contribution is 2.37. The molecule has 1 aliphatic carbocycles. The molecule has 1 atom stereocenters. The third kappa shape index (κ3) is 2.79. The third-order valence-electron chi connectivity index (χ3n) is 3.98. The van der Waals surface area contributed by atoms with Gasteiger partial charge in [0.05, 0.1) is 5.02 Å². The standard InChI is InChI=1S/C14H20ClN3O/c1-17(9-11-3-2-6-16-11)14(19)13-7-10(15)8-18(13)12-4-5-12/h7-8,11-12,16H,2-6,9H2,1H3. The number of nitrogens with zero attached hydrogens (tertiary/aromatic N) is 2. The van der Waals surface area contributed by atoms with E-state index < -0.39 is 0 Å². The number of nitrogens with one attached hydrogen (secondary N) is 1. The second kappa shape index (κ2) is 5.17. The molecule has 1 unspecified atom stereocenters. The number of halogens is 1. The highest BCUT2D eigenvalue weighted by atomic mass is 35.5. The quantitative estimate of drug-likeness (QED) is 0.919. The first-order valence-electron chi connectivity index (χ1n) is 7.01. The van der Waals surface area contributed by atoms with Crippen molar-refractivity contribution in [3.63, 3.8) is 0 Å². The highest BCUT2D eigenvalue weighted by molar-refractivity contribution is 6.31. The molecule has 1 N–H and O–H groups in total. The van der Waals surface area contributed by atoms with E-state index in [2.05, 4.69) is 5.32 Å². The van der Waals surface area contributed by atoms with E-state index in [1.54, 1.807) is 6.07 Å². The molecule has 1 saturated heterocycles. The molecular formula is C14H20ClN3O. The number of hydrogen-bond donors (Lipinski definition) is 1. The summed E-state index contributed by atoms with van der Waals surface area (Å²) >= 11 is 6.05. The van der Waals surface area contributed by atoms with Crippen LogP contribution in [0.2, 0.25) is 5.02 Å². The van der Waals surface area contributed by atoms with Gasteiger partial charge in [-0.2, -0.15) is 0 Å². The number of rotatable bonds is 4. The molecule has 1 aromatic rings. The maximum Gasteiger partial charge on any atom is 0.270 e. The summed E-state index contributed by atoms with van der Waals surface area (Å²) in [7, 11) is 1.88. The topological polar surface area (TPSA) is 37.3 Å². The van der Waals surface area contributed by atoms with Crippen molar-refractivity contribution in [2.45, 2.75) is 37.8 Å². The maximum absolute atomic E-state index is 12.5. The fraction of sp³-hybridized carbons (Fsp3) is 0.643. The Bertz CT molecular complexity index is 475. The first-order valence-corrected chi connectivity index (χ1v) is 7.39. The molecule has 0 radical (unpaired) electrons. The molecule has 1 aromatic heterocycles. The number of aromatic nitrogens is 1. The fourth-order valence-electron chi connectivity index (χ4n) is 2.79. The second-order valence-corrected chi connectivity index (χ2v) is 6.10. The zero-order valence-corrected chi connectivity index (χ0v) is 12.0. The van der Waals surface area contributed by atoms with Crippen LogP contribution in [0.25, 0.3) is 0 Å². The molecule has 0 spiro atoms. The second-order valence-electron chi connectivity index (χ2n) is 5.66. The maximum atomic E-state index is 12.5. The molecule has 104 valence electrons. The summed E-state index contributed by atoms with van der Waals surface area (Å²) in [6.45, 7) is 1.84. The van der Waals surface area contributed by atoms with Crippen molar-refractivity contribution in [2.75, 3.05) is 20.1 Å². The van der Waals surface area contributed by atoms with Gasteiger partial charge in [0.2, 0.25) is 0 Å². The van der Waals surface area contributed by atoms with Gasteiger partial charge in [0, 0.05) is 31.9 Å². The Morgan fingerprint density at radius 3 is 2.95 bits per heavy atom. The summed E-state index contributed by atoms with van der Waals surface area (Å²) in [4.78, 5) is 14.3. The Morgan fingerprint density at radius 1 is 1.53 bits per heavy atom. The van der Waals surface area contributed by atoms with Crippen LogP contribution in [0.1, 0.15) is 42.2 Å². The van der Waals surface area contributed by atoms with Gasteiger partial charge in [0.25, 0.3) is 5.91 Å². The summed E-state index contributed by atoms with van der Waals surface area (Å²) in [6, 6.07) is 2.71. The molecule has 4 nitrogen and oxygen atoms in total. The summed E-state index contributed by atoms with van der Waals surface area (Å²) in [5.41, 5.74) is 0.730. The zero-order valence-electron chi connectivity index (χ0n) is 11.2. The average Bonchev–Trinajstić information content (AvgIpc) is 2.97. The molecule has 2 fully saturated rings. The molecule has 0 aromatic carbocycles. The van der Waals surface area contributed by atoms with Crippen molar-refractivity contribution in [3.8, 4) is 0 Å². The number of hydrogen-bond acceptors (Lipinski definition) is 2. The lowest BCUT2D eigenvalue weighted by molar-refractivity contribution is 0.0773. The predicted octanol–water partition coefficient (Wildman–Crippen LogP) is 2.30. The molecule has 2 heterocycles. The summed E-state index contributed by atoms with van der Waals surface area (Å²) < 4.78 is 2.04. The largest absolute Gasteiger partial charge is 0.339 e. The number of amides is 1. The Kier molecular flexibility index (Phi) is 3.54. The van der Waals surface area contributed by atoms with Crippen molar-refractivity contribution < 1.29 is 4.79 Å². The average molecular weight is 282 g/mol. The van der Waals surface area contributed by atoms with Gasteiger partial charge in [-0.25, -0.2) is 0 Å². The van der Waals surface area contributed by atoms with Gasteiger partial charge in [-0.15, -0.1) is 0 Å². The zero-order chi connectivity index (χ0) is 13.4. The molecule has 0 bridgehead atoms. The van der Waals surface area contributed by atoms with Gasteiger partial charge in [-0.1, -0.05) is 11.6 Å². The van der Waals surface area contributed by atoms with Gasteiger partial charge in [-0.05, 0) is 38.3 Å². The van der Waals surface area contributed by atoms with Crippen molar-refractivity contribution in [3.05, 3.63) is 23.0 Å². The van der Waals surface area contributed by atoms with Gasteiger partial charge in [0.15, 0.2) is 0 Å². The lowest BCUT2D eigenvalue weighted by Gasteiger charge is -2.22. The predicted molar refractivity (Wildman–Crippen MR) is 75.7 cm³/mol. The van der Waals surface area contributed by atoms with Gasteiger partial charge in [0.1, 0.15) is 5.69 Å². The van der Waals surface area contributed by atoms with Crippen molar-refractivity contribution in [1.82, 2.24) is 14.8 Å². The van der Waals surface area contributed by atoms with Gasteiger partial charge >= 0.3 is 0 Å². The summed E-state index contributed by atoms with van der Waals surface area (Å²) in [5.74, 6) is 0.0764. The van der Waals surface area contributed by atoms with Crippen molar-refractivity contribution in [2.24, 2.45) is 0 Å². The minimum absolute atomic E-state index is 0.0764. The van der Waals surface area contributed by atoms with Crippen LogP contribution in [-0.4, -0.2) is 41.6 Å². The highest BCUT2D eigenvalue weighted by Gasteiger charge is 2.29. The normalized spacial score (nSPS) is 22.7. The van der Waals surface area contributed by atoms with Crippen LogP contribution in [0, 0.1) is 0 Å². The lowest BCUT2D eigenvalue weighted by Crippen LogP contribution is -2.39. The SMILES string of the molecule is CN(CC1CCCN1)C(=O)c1cc(Cl)cn1C1CC1. The first kappa shape index (κ1) is 13.0. The fourth-order valence-corrected chi connectivity index (χ4v) is 3.00. The Morgan fingerprint density at radius 2 is 2.32 bits per heavy atom. The van der Waals surface area contributed by atoms with E-state index in [4.69, 9.17) is 11.6 Å². The Hall–Kier alpha value is -1.00. The Labute approximate surface area is 118 Å². The van der Waals surface area contributed by atoms with E-state index in [1.165, 1.54) is 6.42 Å². The first-order chi connectivity index (χ1) is 9.15. The molecule has 1 saturated carbocycles.